The summed E-state index contributed by atoms with van der Waals surface area (Å²) < 4.78 is 23.5. The van der Waals surface area contributed by atoms with Crippen LogP contribution in [-0.4, -0.2) is 68.5 Å². The molecule has 0 saturated heterocycles. The molecule has 77 heavy (non-hydrogen) atoms. The number of phosphoric ester groups is 1. The molecule has 0 aliphatic heterocycles. The fourth-order valence-corrected chi connectivity index (χ4v) is 10.9. The monoisotopic (exact) mass is 1100 g/mol. The molecule has 2 N–H and O–H groups in total. The van der Waals surface area contributed by atoms with Gasteiger partial charge in [-0.2, -0.15) is 0 Å². The minimum atomic E-state index is -4.58. The van der Waals surface area contributed by atoms with Gasteiger partial charge in [0.15, 0.2) is 0 Å². The number of allylic oxidation sites excluding steroid dienone is 8. The summed E-state index contributed by atoms with van der Waals surface area (Å²) in [6.07, 6.45) is 78.9. The number of aliphatic hydroxyl groups excluding tert-OH is 1. The Balaban J connectivity index is 3.97. The maximum Gasteiger partial charge on any atom is 0.268 e. The number of hydrogen-bond donors (Lipinski definition) is 2. The second kappa shape index (κ2) is 59.1. The van der Waals surface area contributed by atoms with Gasteiger partial charge in [0.25, 0.3) is 7.82 Å². The first kappa shape index (κ1) is 75.5. The van der Waals surface area contributed by atoms with Crippen molar-refractivity contribution in [3.05, 3.63) is 48.6 Å². The van der Waals surface area contributed by atoms with Crippen molar-refractivity contribution in [1.29, 1.82) is 0 Å². The molecular weight excluding hydrogens is 972 g/mol. The molecule has 0 aromatic heterocycles. The maximum atomic E-state index is 13.0. The van der Waals surface area contributed by atoms with Crippen LogP contribution in [0.3, 0.4) is 0 Å². The number of aliphatic hydroxyl groups is 1. The number of nitrogens with zero attached hydrogens (tertiary/aromatic N) is 1. The highest BCUT2D eigenvalue weighted by Gasteiger charge is 2.24. The molecule has 1 amide bonds. The third kappa shape index (κ3) is 61.9. The molecule has 0 fully saturated rings. The lowest BCUT2D eigenvalue weighted by atomic mass is 10.0. The summed E-state index contributed by atoms with van der Waals surface area (Å²) in [5.41, 5.74) is 0. The van der Waals surface area contributed by atoms with Gasteiger partial charge in [-0.1, -0.05) is 319 Å². The first-order chi connectivity index (χ1) is 37.5. The lowest BCUT2D eigenvalue weighted by Gasteiger charge is -2.30. The van der Waals surface area contributed by atoms with Crippen LogP contribution in [0.15, 0.2) is 48.6 Å². The SMILES string of the molecule is CC/C=C\C/C=C\C/C=C\C/C=C\CCCCCCCCCCCCCCCCCCCCCCCCC(=O)NC(COP(=O)([O-])OCC[N+](C)(C)C)C(O)CCCCCCCCCCCCCCCCCCCCCC. The van der Waals surface area contributed by atoms with E-state index < -0.39 is 20.0 Å². The Labute approximate surface area is 479 Å². The number of rotatable bonds is 62. The first-order valence-electron chi connectivity index (χ1n) is 33.5. The van der Waals surface area contributed by atoms with E-state index in [0.717, 1.165) is 64.2 Å². The fraction of sp³-hybridized carbons (Fsp3) is 0.868. The van der Waals surface area contributed by atoms with Gasteiger partial charge in [-0.3, -0.25) is 9.36 Å². The summed E-state index contributed by atoms with van der Waals surface area (Å²) in [7, 11) is 1.32. The summed E-state index contributed by atoms with van der Waals surface area (Å²) in [5.74, 6) is -0.158. The Hall–Kier alpha value is -1.54. The van der Waals surface area contributed by atoms with E-state index in [1.807, 2.05) is 21.1 Å². The first-order valence-corrected chi connectivity index (χ1v) is 34.9. The number of carbonyl (C=O) groups excluding carboxylic acids is 1. The normalized spacial score (nSPS) is 14.0. The largest absolute Gasteiger partial charge is 0.756 e. The summed E-state index contributed by atoms with van der Waals surface area (Å²) in [5, 5.41) is 14.1. The third-order valence-corrected chi connectivity index (χ3v) is 16.3. The van der Waals surface area contributed by atoms with E-state index in [4.69, 9.17) is 9.05 Å². The zero-order valence-electron chi connectivity index (χ0n) is 51.9. The molecule has 3 unspecified atom stereocenters. The van der Waals surface area contributed by atoms with Crippen molar-refractivity contribution in [2.45, 2.75) is 341 Å². The van der Waals surface area contributed by atoms with Crippen molar-refractivity contribution < 1.29 is 32.9 Å². The molecule has 0 saturated carbocycles. The molecule has 0 radical (unpaired) electrons. The fourth-order valence-electron chi connectivity index (χ4n) is 10.2. The number of unbranched alkanes of at least 4 members (excludes halogenated alkanes) is 41. The summed E-state index contributed by atoms with van der Waals surface area (Å²) in [4.78, 5) is 25.6. The van der Waals surface area contributed by atoms with Crippen molar-refractivity contribution in [3.63, 3.8) is 0 Å². The second-order valence-corrected chi connectivity index (χ2v) is 25.6. The van der Waals surface area contributed by atoms with Gasteiger partial charge in [0.2, 0.25) is 5.91 Å². The maximum absolute atomic E-state index is 13.0. The van der Waals surface area contributed by atoms with Crippen LogP contribution in [0.4, 0.5) is 0 Å². The van der Waals surface area contributed by atoms with Gasteiger partial charge in [0.05, 0.1) is 39.9 Å². The van der Waals surface area contributed by atoms with Gasteiger partial charge in [-0.05, 0) is 51.4 Å². The molecule has 9 heteroatoms. The van der Waals surface area contributed by atoms with Crippen LogP contribution < -0.4 is 10.2 Å². The molecule has 0 heterocycles. The molecule has 0 aliphatic rings. The molecule has 0 bridgehead atoms. The molecular formula is C68H131N2O6P. The van der Waals surface area contributed by atoms with Crippen LogP contribution in [0.25, 0.3) is 0 Å². The number of quaternary nitrogens is 1. The Morgan fingerprint density at radius 1 is 0.468 bits per heavy atom. The smallest absolute Gasteiger partial charge is 0.268 e. The summed E-state index contributed by atoms with van der Waals surface area (Å²) >= 11 is 0. The van der Waals surface area contributed by atoms with E-state index in [0.29, 0.717) is 23.9 Å². The average molecular weight is 1100 g/mol. The Bertz CT molecular complexity index is 1390. The highest BCUT2D eigenvalue weighted by Crippen LogP contribution is 2.38. The minimum Gasteiger partial charge on any atom is -0.756 e. The Kier molecular flexibility index (Phi) is 57.9. The number of hydrogen-bond acceptors (Lipinski definition) is 6. The van der Waals surface area contributed by atoms with Gasteiger partial charge in [-0.15, -0.1) is 0 Å². The van der Waals surface area contributed by atoms with Crippen LogP contribution in [0.5, 0.6) is 0 Å². The summed E-state index contributed by atoms with van der Waals surface area (Å²) in [6.45, 7) is 4.66. The van der Waals surface area contributed by atoms with Crippen LogP contribution in [0.1, 0.15) is 328 Å². The molecule has 0 rings (SSSR count). The second-order valence-electron chi connectivity index (χ2n) is 24.2. The predicted molar refractivity (Wildman–Crippen MR) is 334 cm³/mol. The van der Waals surface area contributed by atoms with Gasteiger partial charge in [0.1, 0.15) is 13.2 Å². The van der Waals surface area contributed by atoms with Gasteiger partial charge < -0.3 is 28.8 Å². The van der Waals surface area contributed by atoms with Crippen molar-refractivity contribution in [2.24, 2.45) is 0 Å². The van der Waals surface area contributed by atoms with Crippen molar-refractivity contribution in [1.82, 2.24) is 5.32 Å². The van der Waals surface area contributed by atoms with Crippen LogP contribution in [-0.2, 0) is 18.4 Å². The van der Waals surface area contributed by atoms with E-state index in [2.05, 4.69) is 67.8 Å². The van der Waals surface area contributed by atoms with Gasteiger partial charge >= 0.3 is 0 Å². The van der Waals surface area contributed by atoms with Gasteiger partial charge in [0, 0.05) is 6.42 Å². The van der Waals surface area contributed by atoms with E-state index >= 15 is 0 Å². The predicted octanol–water partition coefficient (Wildman–Crippen LogP) is 20.4. The van der Waals surface area contributed by atoms with Crippen molar-refractivity contribution in [3.8, 4) is 0 Å². The summed E-state index contributed by atoms with van der Waals surface area (Å²) in [6, 6.07) is -0.800. The topological polar surface area (TPSA) is 108 Å². The van der Waals surface area contributed by atoms with E-state index in [1.165, 1.54) is 238 Å². The number of amides is 1. The molecule has 3 atom stereocenters. The lowest BCUT2D eigenvalue weighted by Crippen LogP contribution is -2.46. The Morgan fingerprint density at radius 3 is 1.16 bits per heavy atom. The van der Waals surface area contributed by atoms with E-state index in [9.17, 15) is 19.4 Å². The van der Waals surface area contributed by atoms with E-state index in [-0.39, 0.29) is 19.1 Å². The van der Waals surface area contributed by atoms with Crippen LogP contribution >= 0.6 is 7.82 Å². The zero-order chi connectivity index (χ0) is 56.3. The quantitative estimate of drug-likeness (QED) is 0.0272. The van der Waals surface area contributed by atoms with Crippen molar-refractivity contribution >= 4 is 13.7 Å². The third-order valence-electron chi connectivity index (χ3n) is 15.3. The molecule has 454 valence electrons. The molecule has 8 nitrogen and oxygen atoms in total. The van der Waals surface area contributed by atoms with E-state index in [1.54, 1.807) is 0 Å². The molecule has 0 spiro atoms. The lowest BCUT2D eigenvalue weighted by molar-refractivity contribution is -0.870. The highest BCUT2D eigenvalue weighted by molar-refractivity contribution is 7.45. The zero-order valence-corrected chi connectivity index (χ0v) is 52.8. The average Bonchev–Trinajstić information content (AvgIpc) is 3.39. The number of carbonyl (C=O) groups is 1. The number of likely N-dealkylation sites (N-methyl/N-ethyl adjacent to an activating group) is 1. The molecule has 0 aliphatic carbocycles. The van der Waals surface area contributed by atoms with Crippen molar-refractivity contribution in [2.75, 3.05) is 40.9 Å². The Morgan fingerprint density at radius 2 is 0.792 bits per heavy atom. The highest BCUT2D eigenvalue weighted by atomic mass is 31.2. The number of phosphoric acid groups is 1. The van der Waals surface area contributed by atoms with Crippen LogP contribution in [0.2, 0.25) is 0 Å². The minimum absolute atomic E-state index is 0.0140. The molecule has 0 aromatic carbocycles. The number of nitrogens with one attached hydrogen (secondary N) is 1. The van der Waals surface area contributed by atoms with Gasteiger partial charge in [-0.25, -0.2) is 0 Å². The molecule has 0 aromatic rings. The van der Waals surface area contributed by atoms with Crippen LogP contribution in [0, 0.1) is 0 Å². The standard InChI is InChI=1S/C68H131N2O6P/c1-6-8-10-12-14-16-18-20-22-24-26-28-29-30-31-32-33-34-35-36-37-38-39-40-41-42-44-46-48-50-52-54-56-58-60-62-68(72)69-66(65-76-77(73,74)75-64-63-70(3,4)5)67(71)61-59-57-55-53-51-49-47-45-43-27-25-23-21-19-17-15-13-11-9-7-2/h8,10,14,16,20,22,26,28,66-67,71H,6-7,9,11-13,15,17-19,21,23-25,27,29-65H2,1-5H3,(H-,69,72,73,74)/b10-8-,16-14-,22-20-,28-26-.